The summed E-state index contributed by atoms with van der Waals surface area (Å²) in [5.41, 5.74) is -6.30. The Bertz CT molecular complexity index is 291. The molecular formula is C4H4F3NO3S. The van der Waals surface area contributed by atoms with Crippen LogP contribution in [0.15, 0.2) is 12.3 Å². The fourth-order valence-electron chi connectivity index (χ4n) is 0.255. The second kappa shape index (κ2) is 3.13. The minimum absolute atomic E-state index is 0.136. The molecule has 0 aromatic heterocycles. The van der Waals surface area contributed by atoms with Gasteiger partial charge in [-0.15, -0.1) is 0 Å². The van der Waals surface area contributed by atoms with E-state index in [1.165, 1.54) is 0 Å². The molecular weight excluding hydrogens is 199 g/mol. The second-order valence-corrected chi connectivity index (χ2v) is 3.37. The van der Waals surface area contributed by atoms with Crippen molar-refractivity contribution in [1.82, 2.24) is 4.72 Å². The van der Waals surface area contributed by atoms with E-state index in [0.717, 1.165) is 4.72 Å². The van der Waals surface area contributed by atoms with Gasteiger partial charge in [-0.25, -0.2) is 0 Å². The van der Waals surface area contributed by atoms with Crippen LogP contribution in [0.3, 0.4) is 0 Å². The molecule has 0 saturated carbocycles. The van der Waals surface area contributed by atoms with Crippen LogP contribution >= 0.6 is 0 Å². The number of halogens is 3. The largest absolute Gasteiger partial charge is 0.516 e. The number of sulfonamides is 1. The lowest BCUT2D eigenvalue weighted by atomic mass is 10.6. The molecule has 0 aliphatic heterocycles. The Hall–Kier alpha value is -1.05. The molecule has 1 N–H and O–H groups in total. The predicted octanol–water partition coefficient (Wildman–Crippen LogP) is 0.138. The van der Waals surface area contributed by atoms with Crippen LogP contribution in [0.1, 0.15) is 0 Å². The zero-order valence-electron chi connectivity index (χ0n) is 5.55. The summed E-state index contributed by atoms with van der Waals surface area (Å²) in [6, 6.07) is 0. The topological polar surface area (TPSA) is 63.2 Å². The number of carbonyl (C=O) groups excluding carboxylic acids is 1. The zero-order valence-corrected chi connectivity index (χ0v) is 6.37. The van der Waals surface area contributed by atoms with Crippen LogP contribution in [0.25, 0.3) is 0 Å². The van der Waals surface area contributed by atoms with Gasteiger partial charge in [0.1, 0.15) is 0 Å². The van der Waals surface area contributed by atoms with Crippen molar-refractivity contribution in [3.8, 4) is 0 Å². The Morgan fingerprint density at radius 1 is 1.42 bits per heavy atom. The van der Waals surface area contributed by atoms with Crippen molar-refractivity contribution in [1.29, 1.82) is 0 Å². The van der Waals surface area contributed by atoms with E-state index < -0.39 is 21.2 Å². The number of allylic oxidation sites excluding steroid dienone is 1. The van der Waals surface area contributed by atoms with E-state index in [9.17, 15) is 26.4 Å². The van der Waals surface area contributed by atoms with Crippen LogP contribution in [0.5, 0.6) is 0 Å². The number of nitrogens with one attached hydrogen (secondary N) is 1. The van der Waals surface area contributed by atoms with E-state index in [-0.39, 0.29) is 6.29 Å². The van der Waals surface area contributed by atoms with E-state index in [2.05, 4.69) is 6.58 Å². The molecule has 0 radical (unpaired) electrons. The third kappa shape index (κ3) is 2.53. The summed E-state index contributed by atoms with van der Waals surface area (Å²) in [5.74, 6) is 0. The van der Waals surface area contributed by atoms with Gasteiger partial charge in [-0.3, -0.25) is 9.52 Å². The number of alkyl halides is 3. The van der Waals surface area contributed by atoms with Gasteiger partial charge in [0.25, 0.3) is 0 Å². The lowest BCUT2D eigenvalue weighted by molar-refractivity contribution is -0.105. The van der Waals surface area contributed by atoms with Crippen LogP contribution in [-0.2, 0) is 14.8 Å². The molecule has 0 amide bonds. The maximum atomic E-state index is 11.5. The SMILES string of the molecule is C=C(C=O)NS(=O)(=O)C(F)(F)F. The zero-order chi connectivity index (χ0) is 9.99. The molecule has 70 valence electrons. The van der Waals surface area contributed by atoms with E-state index >= 15 is 0 Å². The molecule has 0 aliphatic carbocycles. The van der Waals surface area contributed by atoms with E-state index in [4.69, 9.17) is 0 Å². The normalized spacial score (nSPS) is 12.2. The lowest BCUT2D eigenvalue weighted by Crippen LogP contribution is -2.35. The Morgan fingerprint density at radius 2 is 1.83 bits per heavy atom. The van der Waals surface area contributed by atoms with Gasteiger partial charge in [-0.05, 0) is 0 Å². The Morgan fingerprint density at radius 3 is 2.08 bits per heavy atom. The molecule has 0 unspecified atom stereocenters. The molecule has 0 atom stereocenters. The molecule has 0 fully saturated rings. The van der Waals surface area contributed by atoms with Gasteiger partial charge >= 0.3 is 15.5 Å². The standard InChI is InChI=1S/C4H4F3NO3S/c1-3(2-9)8-12(10,11)4(5,6)7/h2,8H,1H2. The summed E-state index contributed by atoms with van der Waals surface area (Å²) in [6.45, 7) is 2.71. The number of hydrogen-bond acceptors (Lipinski definition) is 3. The molecule has 0 heterocycles. The third-order valence-corrected chi connectivity index (χ3v) is 1.85. The molecule has 4 nitrogen and oxygen atoms in total. The van der Waals surface area contributed by atoms with Crippen LogP contribution in [0.4, 0.5) is 13.2 Å². The van der Waals surface area contributed by atoms with Crippen molar-refractivity contribution >= 4 is 16.3 Å². The van der Waals surface area contributed by atoms with Gasteiger partial charge in [0.2, 0.25) is 0 Å². The second-order valence-electron chi connectivity index (χ2n) is 1.69. The molecule has 0 bridgehead atoms. The highest BCUT2D eigenvalue weighted by molar-refractivity contribution is 7.90. The van der Waals surface area contributed by atoms with Crippen molar-refractivity contribution in [2.45, 2.75) is 5.51 Å². The van der Waals surface area contributed by atoms with Crippen molar-refractivity contribution in [3.05, 3.63) is 12.3 Å². The number of carbonyl (C=O) groups is 1. The fraction of sp³-hybridized carbons (Fsp3) is 0.250. The predicted molar refractivity (Wildman–Crippen MR) is 33.3 cm³/mol. The Labute approximate surface area is 66.1 Å². The minimum Gasteiger partial charge on any atom is -0.296 e. The Balaban J connectivity index is 4.69. The molecule has 12 heavy (non-hydrogen) atoms. The highest BCUT2D eigenvalue weighted by Gasteiger charge is 2.46. The van der Waals surface area contributed by atoms with Crippen LogP contribution < -0.4 is 4.72 Å². The number of aldehydes is 1. The van der Waals surface area contributed by atoms with Crippen molar-refractivity contribution in [2.75, 3.05) is 0 Å². The van der Waals surface area contributed by atoms with Gasteiger partial charge in [0.15, 0.2) is 6.29 Å². The van der Waals surface area contributed by atoms with Crippen molar-refractivity contribution in [2.24, 2.45) is 0 Å². The van der Waals surface area contributed by atoms with Crippen molar-refractivity contribution in [3.63, 3.8) is 0 Å². The van der Waals surface area contributed by atoms with Crippen LogP contribution in [0, 0.1) is 0 Å². The molecule has 0 spiro atoms. The average Bonchev–Trinajstić information content (AvgIpc) is 1.84. The minimum atomic E-state index is -5.49. The van der Waals surface area contributed by atoms with Gasteiger partial charge < -0.3 is 0 Å². The summed E-state index contributed by atoms with van der Waals surface area (Å²) in [4.78, 5) is 9.72. The maximum Gasteiger partial charge on any atom is 0.516 e. The van der Waals surface area contributed by atoms with Crippen LogP contribution in [-0.4, -0.2) is 20.2 Å². The van der Waals surface area contributed by atoms with Crippen molar-refractivity contribution < 1.29 is 26.4 Å². The lowest BCUT2D eigenvalue weighted by Gasteiger charge is -2.08. The van der Waals surface area contributed by atoms with Gasteiger partial charge in [0.05, 0.1) is 5.70 Å². The van der Waals surface area contributed by atoms with Crippen LogP contribution in [0.2, 0.25) is 0 Å². The molecule has 0 saturated heterocycles. The number of rotatable bonds is 3. The first kappa shape index (κ1) is 11.0. The highest BCUT2D eigenvalue weighted by Crippen LogP contribution is 2.21. The molecule has 0 aromatic rings. The quantitative estimate of drug-likeness (QED) is 0.524. The van der Waals surface area contributed by atoms with Gasteiger partial charge in [-0.2, -0.15) is 21.6 Å². The van der Waals surface area contributed by atoms with Gasteiger partial charge in [0, 0.05) is 0 Å². The Kier molecular flexibility index (Phi) is 2.86. The summed E-state index contributed by atoms with van der Waals surface area (Å²) in [7, 11) is -5.49. The summed E-state index contributed by atoms with van der Waals surface area (Å²) >= 11 is 0. The smallest absolute Gasteiger partial charge is 0.296 e. The van der Waals surface area contributed by atoms with E-state index in [0.29, 0.717) is 0 Å². The molecule has 0 aliphatic rings. The van der Waals surface area contributed by atoms with Gasteiger partial charge in [-0.1, -0.05) is 6.58 Å². The molecule has 8 heteroatoms. The van der Waals surface area contributed by atoms with E-state index in [1.807, 2.05) is 0 Å². The third-order valence-electron chi connectivity index (χ3n) is 0.712. The first-order valence-corrected chi connectivity index (χ1v) is 3.92. The summed E-state index contributed by atoms with van der Waals surface area (Å²) < 4.78 is 55.8. The first-order chi connectivity index (χ1) is 5.20. The average molecular weight is 203 g/mol. The molecule has 0 aromatic carbocycles. The first-order valence-electron chi connectivity index (χ1n) is 2.44. The monoisotopic (exact) mass is 203 g/mol. The highest BCUT2D eigenvalue weighted by atomic mass is 32.2. The number of hydrogen-bond donors (Lipinski definition) is 1. The van der Waals surface area contributed by atoms with E-state index in [1.54, 1.807) is 0 Å². The summed E-state index contributed by atoms with van der Waals surface area (Å²) in [6.07, 6.45) is -0.136. The maximum absolute atomic E-state index is 11.5. The molecule has 0 rings (SSSR count). The fourth-order valence-corrected chi connectivity index (χ4v) is 0.764. The summed E-state index contributed by atoms with van der Waals surface area (Å²) in [5, 5.41) is 0.